The van der Waals surface area contributed by atoms with E-state index in [1.807, 2.05) is 61.7 Å². The van der Waals surface area contributed by atoms with E-state index in [1.165, 1.54) is 17.3 Å². The highest BCUT2D eigenvalue weighted by Gasteiger charge is 2.18. The zero-order valence-electron chi connectivity index (χ0n) is 17.2. The number of rotatable bonds is 6. The normalized spacial score (nSPS) is 11.3. The number of nitrogens with zero attached hydrogens (tertiary/aromatic N) is 3. The number of aryl methyl sites for hydroxylation is 2. The van der Waals surface area contributed by atoms with E-state index in [2.05, 4.69) is 47.4 Å². The first-order valence-electron chi connectivity index (χ1n) is 9.67. The Kier molecular flexibility index (Phi) is 6.55. The van der Waals surface area contributed by atoms with Crippen LogP contribution in [0.4, 0.5) is 5.69 Å². The maximum absolute atomic E-state index is 12.5. The Labute approximate surface area is 201 Å². The molecule has 0 unspecified atom stereocenters. The summed E-state index contributed by atoms with van der Waals surface area (Å²) in [6.07, 6.45) is 0. The summed E-state index contributed by atoms with van der Waals surface area (Å²) >= 11 is 8.35. The Bertz CT molecular complexity index is 1280. The van der Waals surface area contributed by atoms with E-state index < -0.39 is 0 Å². The molecule has 1 amide bonds. The number of carbonyl (C=O) groups is 1. The van der Waals surface area contributed by atoms with Crippen LogP contribution < -0.4 is 5.32 Å². The van der Waals surface area contributed by atoms with Gasteiger partial charge in [-0.25, -0.2) is 0 Å². The molecule has 9 heteroatoms. The molecule has 0 saturated heterocycles. The van der Waals surface area contributed by atoms with Gasteiger partial charge in [0.1, 0.15) is 5.58 Å². The molecule has 160 valence electrons. The second kappa shape index (κ2) is 9.18. The standard InChI is InChI=1S/C22H20Br2N4O2S/c1-4-28-21(19-10-14-9-15(23)5-6-18(14)30-19)26-27-22(28)31-11-20(29)25-17-8-13(3)12(2)7-16(17)24/h5-10H,4,11H2,1-3H3,(H,25,29). The van der Waals surface area contributed by atoms with Gasteiger partial charge in [-0.15, -0.1) is 10.2 Å². The summed E-state index contributed by atoms with van der Waals surface area (Å²) in [6, 6.07) is 11.8. The van der Waals surface area contributed by atoms with Gasteiger partial charge in [-0.1, -0.05) is 27.7 Å². The lowest BCUT2D eigenvalue weighted by Gasteiger charge is -2.10. The SMILES string of the molecule is CCn1c(SCC(=O)Nc2cc(C)c(C)cc2Br)nnc1-c1cc2cc(Br)ccc2o1. The number of amides is 1. The molecule has 1 N–H and O–H groups in total. The maximum Gasteiger partial charge on any atom is 0.234 e. The number of halogens is 2. The van der Waals surface area contributed by atoms with Crippen molar-refractivity contribution in [3.8, 4) is 11.6 Å². The van der Waals surface area contributed by atoms with Crippen molar-refractivity contribution in [1.82, 2.24) is 14.8 Å². The van der Waals surface area contributed by atoms with Gasteiger partial charge in [0.2, 0.25) is 11.7 Å². The van der Waals surface area contributed by atoms with E-state index in [4.69, 9.17) is 4.42 Å². The Morgan fingerprint density at radius 1 is 1.13 bits per heavy atom. The third kappa shape index (κ3) is 4.73. The molecule has 0 aliphatic carbocycles. The van der Waals surface area contributed by atoms with Crippen molar-refractivity contribution in [3.63, 3.8) is 0 Å². The number of fused-ring (bicyclic) bond motifs is 1. The molecule has 2 heterocycles. The van der Waals surface area contributed by atoms with Crippen molar-refractivity contribution in [3.05, 3.63) is 56.5 Å². The summed E-state index contributed by atoms with van der Waals surface area (Å²) in [5, 5.41) is 13.2. The third-order valence-electron chi connectivity index (χ3n) is 4.92. The summed E-state index contributed by atoms with van der Waals surface area (Å²) < 4.78 is 9.77. The fraction of sp³-hybridized carbons (Fsp3) is 0.227. The van der Waals surface area contributed by atoms with Gasteiger partial charge in [0.15, 0.2) is 10.9 Å². The van der Waals surface area contributed by atoms with Crippen LogP contribution >= 0.6 is 43.6 Å². The highest BCUT2D eigenvalue weighted by atomic mass is 79.9. The number of anilines is 1. The number of benzene rings is 2. The van der Waals surface area contributed by atoms with Crippen LogP contribution in [0, 0.1) is 13.8 Å². The molecule has 0 fully saturated rings. The van der Waals surface area contributed by atoms with Crippen molar-refractivity contribution in [2.45, 2.75) is 32.5 Å². The van der Waals surface area contributed by atoms with E-state index in [0.717, 1.165) is 31.2 Å². The van der Waals surface area contributed by atoms with Crippen LogP contribution in [0.2, 0.25) is 0 Å². The Morgan fingerprint density at radius 2 is 1.90 bits per heavy atom. The van der Waals surface area contributed by atoms with E-state index in [0.29, 0.717) is 23.3 Å². The van der Waals surface area contributed by atoms with Gasteiger partial charge >= 0.3 is 0 Å². The molecule has 0 spiro atoms. The predicted octanol–water partition coefficient (Wildman–Crippen LogP) is 6.58. The summed E-state index contributed by atoms with van der Waals surface area (Å²) in [5.41, 5.74) is 3.84. The third-order valence-corrected chi connectivity index (χ3v) is 7.04. The van der Waals surface area contributed by atoms with Gasteiger partial charge in [-0.3, -0.25) is 9.36 Å². The molecular weight excluding hydrogens is 544 g/mol. The largest absolute Gasteiger partial charge is 0.453 e. The zero-order chi connectivity index (χ0) is 22.1. The number of aromatic nitrogens is 3. The molecule has 4 rings (SSSR count). The predicted molar refractivity (Wildman–Crippen MR) is 132 cm³/mol. The first-order chi connectivity index (χ1) is 14.9. The van der Waals surface area contributed by atoms with Gasteiger partial charge in [0, 0.05) is 20.9 Å². The van der Waals surface area contributed by atoms with Crippen LogP contribution in [0.25, 0.3) is 22.6 Å². The fourth-order valence-corrected chi connectivity index (χ4v) is 4.92. The van der Waals surface area contributed by atoms with E-state index in [1.54, 1.807) is 0 Å². The van der Waals surface area contributed by atoms with Crippen molar-refractivity contribution in [2.75, 3.05) is 11.1 Å². The van der Waals surface area contributed by atoms with Gasteiger partial charge in [-0.2, -0.15) is 0 Å². The van der Waals surface area contributed by atoms with Crippen LogP contribution in [0.5, 0.6) is 0 Å². The van der Waals surface area contributed by atoms with E-state index in [-0.39, 0.29) is 11.7 Å². The number of furan rings is 1. The highest BCUT2D eigenvalue weighted by Crippen LogP contribution is 2.31. The lowest BCUT2D eigenvalue weighted by molar-refractivity contribution is -0.113. The minimum Gasteiger partial charge on any atom is -0.453 e. The maximum atomic E-state index is 12.5. The van der Waals surface area contributed by atoms with Crippen LogP contribution in [0.1, 0.15) is 18.1 Å². The molecule has 0 bridgehead atoms. The number of nitrogens with one attached hydrogen (secondary N) is 1. The number of hydrogen-bond donors (Lipinski definition) is 1. The second-order valence-electron chi connectivity index (χ2n) is 7.10. The van der Waals surface area contributed by atoms with Crippen molar-refractivity contribution in [2.24, 2.45) is 0 Å². The summed E-state index contributed by atoms with van der Waals surface area (Å²) in [5.74, 6) is 1.42. The molecule has 2 aromatic heterocycles. The molecule has 2 aromatic carbocycles. The first-order valence-corrected chi connectivity index (χ1v) is 12.2. The lowest BCUT2D eigenvalue weighted by atomic mass is 10.1. The van der Waals surface area contributed by atoms with E-state index in [9.17, 15) is 4.79 Å². The molecular formula is C22H20Br2N4O2S. The van der Waals surface area contributed by atoms with Gasteiger partial charge in [0.05, 0.1) is 11.4 Å². The molecule has 0 aliphatic rings. The van der Waals surface area contributed by atoms with Crippen LogP contribution in [-0.4, -0.2) is 26.4 Å². The van der Waals surface area contributed by atoms with Crippen molar-refractivity contribution in [1.29, 1.82) is 0 Å². The van der Waals surface area contributed by atoms with Crippen LogP contribution in [0.15, 0.2) is 54.9 Å². The quantitative estimate of drug-likeness (QED) is 0.268. The zero-order valence-corrected chi connectivity index (χ0v) is 21.2. The summed E-state index contributed by atoms with van der Waals surface area (Å²) in [4.78, 5) is 12.5. The Balaban J connectivity index is 1.50. The topological polar surface area (TPSA) is 73.0 Å². The minimum atomic E-state index is -0.102. The van der Waals surface area contributed by atoms with Gasteiger partial charge in [0.25, 0.3) is 0 Å². The van der Waals surface area contributed by atoms with Crippen LogP contribution in [-0.2, 0) is 11.3 Å². The molecule has 0 saturated carbocycles. The molecule has 0 radical (unpaired) electrons. The minimum absolute atomic E-state index is 0.102. The van der Waals surface area contributed by atoms with Crippen molar-refractivity contribution < 1.29 is 9.21 Å². The molecule has 0 aliphatic heterocycles. The van der Waals surface area contributed by atoms with Gasteiger partial charge in [-0.05, 0) is 84.2 Å². The number of hydrogen-bond acceptors (Lipinski definition) is 5. The Morgan fingerprint density at radius 3 is 2.68 bits per heavy atom. The average molecular weight is 564 g/mol. The molecule has 0 atom stereocenters. The summed E-state index contributed by atoms with van der Waals surface area (Å²) in [7, 11) is 0. The first kappa shape index (κ1) is 22.1. The van der Waals surface area contributed by atoms with Crippen molar-refractivity contribution >= 4 is 66.2 Å². The Hall–Kier alpha value is -2.10. The lowest BCUT2D eigenvalue weighted by Crippen LogP contribution is -2.15. The molecule has 4 aromatic rings. The number of thioether (sulfide) groups is 1. The van der Waals surface area contributed by atoms with Gasteiger partial charge < -0.3 is 9.73 Å². The smallest absolute Gasteiger partial charge is 0.234 e. The summed E-state index contributed by atoms with van der Waals surface area (Å²) in [6.45, 7) is 6.74. The van der Waals surface area contributed by atoms with Crippen LogP contribution in [0.3, 0.4) is 0 Å². The molecule has 31 heavy (non-hydrogen) atoms. The monoisotopic (exact) mass is 562 g/mol. The van der Waals surface area contributed by atoms with E-state index >= 15 is 0 Å². The second-order valence-corrected chi connectivity index (χ2v) is 9.81. The molecule has 6 nitrogen and oxygen atoms in total. The fourth-order valence-electron chi connectivity index (χ4n) is 3.18. The highest BCUT2D eigenvalue weighted by molar-refractivity contribution is 9.10. The number of carbonyl (C=O) groups excluding carboxylic acids is 1. The average Bonchev–Trinajstić information content (AvgIpc) is 3.33.